The van der Waals surface area contributed by atoms with Crippen LogP contribution in [-0.2, 0) is 12.4 Å². The van der Waals surface area contributed by atoms with Gasteiger partial charge in [0.25, 0.3) is 11.6 Å². The van der Waals surface area contributed by atoms with Crippen molar-refractivity contribution in [3.8, 4) is 11.4 Å². The lowest BCUT2D eigenvalue weighted by molar-refractivity contribution is -0.145. The topological polar surface area (TPSA) is 113 Å². The van der Waals surface area contributed by atoms with Crippen LogP contribution in [0.15, 0.2) is 24.3 Å². The van der Waals surface area contributed by atoms with Crippen molar-refractivity contribution in [3.05, 3.63) is 68.2 Å². The minimum absolute atomic E-state index is 0.279. The third kappa shape index (κ3) is 7.45. The quantitative estimate of drug-likeness (QED) is 0.190. The molecule has 4 N–H and O–H groups in total. The predicted molar refractivity (Wildman–Crippen MR) is 146 cm³/mol. The second kappa shape index (κ2) is 12.1. The van der Waals surface area contributed by atoms with E-state index < -0.39 is 103 Å². The van der Waals surface area contributed by atoms with Crippen LogP contribution in [0.25, 0.3) is 11.4 Å². The van der Waals surface area contributed by atoms with Crippen molar-refractivity contribution in [2.24, 2.45) is 0 Å². The van der Waals surface area contributed by atoms with Gasteiger partial charge in [-0.05, 0) is 60.4 Å². The van der Waals surface area contributed by atoms with Gasteiger partial charge < -0.3 is 11.5 Å². The van der Waals surface area contributed by atoms with E-state index in [1.807, 2.05) is 0 Å². The van der Waals surface area contributed by atoms with E-state index in [4.69, 9.17) is 34.7 Å². The van der Waals surface area contributed by atoms with Gasteiger partial charge in [-0.3, -0.25) is 0 Å². The van der Waals surface area contributed by atoms with Crippen LogP contribution in [0.5, 0.6) is 0 Å². The molecule has 0 bridgehead atoms. The Hall–Kier alpha value is -3.59. The molecule has 0 amide bonds. The number of aromatic nitrogens is 6. The zero-order valence-electron chi connectivity index (χ0n) is 23.0. The van der Waals surface area contributed by atoms with Crippen LogP contribution >= 0.6 is 35.0 Å². The van der Waals surface area contributed by atoms with Crippen molar-refractivity contribution in [1.29, 1.82) is 0 Å². The standard InChI is InChI=1S/C24H16Cl2F12N8S/c1-7-3-11(25)13(45-19(39)41-17(43-45)23(33,34)35)5-9(7)15(21(27,28)29)47-16(22(30,31)32)10-6-14(12(26)4-8(10)2)46-20(40)42-18(44-46)24(36,37)38/h3-6,15-16H,1-2H3,(H2,39,41,43)(H2,40,42,44). The Morgan fingerprint density at radius 3 is 1.19 bits per heavy atom. The van der Waals surface area contributed by atoms with E-state index in [0.29, 0.717) is 12.1 Å². The number of nitrogens with two attached hydrogens (primary N) is 2. The number of nitrogen functional groups attached to an aromatic ring is 2. The SMILES string of the molecule is Cc1cc(Cl)c(-n2nc(C(F)(F)F)nc2N)cc1C(SC(c1cc(-n2nc(C(F)(F)F)nc2N)c(Cl)cc1C)C(F)(F)F)C(F)(F)F. The third-order valence-electron chi connectivity index (χ3n) is 6.33. The van der Waals surface area contributed by atoms with Gasteiger partial charge in [-0.1, -0.05) is 23.2 Å². The summed E-state index contributed by atoms with van der Waals surface area (Å²) in [5.74, 6) is -5.42. The zero-order chi connectivity index (χ0) is 35.6. The monoisotopic (exact) mass is 746 g/mol. The van der Waals surface area contributed by atoms with Gasteiger partial charge in [0.05, 0.1) is 21.4 Å². The van der Waals surface area contributed by atoms with Crippen LogP contribution in [0.2, 0.25) is 10.0 Å². The van der Waals surface area contributed by atoms with Crippen LogP contribution in [-0.4, -0.2) is 41.9 Å². The first kappa shape index (κ1) is 36.2. The maximum absolute atomic E-state index is 14.6. The molecule has 2 aromatic heterocycles. The molecule has 4 rings (SSSR count). The van der Waals surface area contributed by atoms with E-state index in [9.17, 15) is 52.7 Å². The summed E-state index contributed by atoms with van der Waals surface area (Å²) in [5, 5.41) is -0.709. The van der Waals surface area contributed by atoms with Crippen LogP contribution in [0, 0.1) is 13.8 Å². The van der Waals surface area contributed by atoms with E-state index in [0.717, 1.165) is 26.0 Å². The van der Waals surface area contributed by atoms with Crippen molar-refractivity contribution in [2.45, 2.75) is 49.1 Å². The molecule has 2 aromatic carbocycles. The number of hydrogen-bond acceptors (Lipinski definition) is 7. The molecule has 4 aromatic rings. The summed E-state index contributed by atoms with van der Waals surface area (Å²) in [7, 11) is 0. The molecular formula is C24H16Cl2F12N8S. The molecule has 47 heavy (non-hydrogen) atoms. The fourth-order valence-corrected chi connectivity index (χ4v) is 6.26. The summed E-state index contributed by atoms with van der Waals surface area (Å²) in [6, 6.07) is 2.88. The van der Waals surface area contributed by atoms with Crippen molar-refractivity contribution in [2.75, 3.05) is 11.5 Å². The largest absolute Gasteiger partial charge is 0.453 e. The van der Waals surface area contributed by atoms with Gasteiger partial charge in [0.2, 0.25) is 11.9 Å². The van der Waals surface area contributed by atoms with Crippen molar-refractivity contribution in [1.82, 2.24) is 29.5 Å². The number of rotatable bonds is 6. The summed E-state index contributed by atoms with van der Waals surface area (Å²) in [6.07, 6.45) is -21.1. The zero-order valence-corrected chi connectivity index (χ0v) is 25.3. The van der Waals surface area contributed by atoms with Crippen LogP contribution in [0.3, 0.4) is 0 Å². The van der Waals surface area contributed by atoms with E-state index >= 15 is 0 Å². The molecule has 2 heterocycles. The Labute approximate surface area is 269 Å². The summed E-state index contributed by atoms with van der Waals surface area (Å²) < 4.78 is 167. The molecule has 0 spiro atoms. The lowest BCUT2D eigenvalue weighted by Crippen LogP contribution is -2.26. The Balaban J connectivity index is 1.88. The molecule has 0 aliphatic carbocycles. The van der Waals surface area contributed by atoms with Crippen LogP contribution < -0.4 is 11.5 Å². The maximum atomic E-state index is 14.6. The smallest absolute Gasteiger partial charge is 0.368 e. The van der Waals surface area contributed by atoms with E-state index in [-0.39, 0.29) is 20.5 Å². The van der Waals surface area contributed by atoms with E-state index in [2.05, 4.69) is 20.2 Å². The lowest BCUT2D eigenvalue weighted by Gasteiger charge is -2.30. The van der Waals surface area contributed by atoms with E-state index in [1.165, 1.54) is 0 Å². The Morgan fingerprint density at radius 1 is 0.617 bits per heavy atom. The van der Waals surface area contributed by atoms with Gasteiger partial charge in [0.1, 0.15) is 10.5 Å². The summed E-state index contributed by atoms with van der Waals surface area (Å²) in [5.41, 5.74) is 7.33. The predicted octanol–water partition coefficient (Wildman–Crippen LogP) is 8.61. The number of thioether (sulfide) groups is 1. The second-order valence-corrected chi connectivity index (χ2v) is 11.7. The highest BCUT2D eigenvalue weighted by atomic mass is 35.5. The van der Waals surface area contributed by atoms with Crippen molar-refractivity contribution in [3.63, 3.8) is 0 Å². The minimum Gasteiger partial charge on any atom is -0.368 e. The number of nitrogens with zero attached hydrogens (tertiary/aromatic N) is 6. The minimum atomic E-state index is -5.43. The van der Waals surface area contributed by atoms with Crippen LogP contribution in [0.1, 0.15) is 44.4 Å². The molecule has 2 atom stereocenters. The van der Waals surface area contributed by atoms with Crippen LogP contribution in [0.4, 0.5) is 64.6 Å². The molecule has 0 fully saturated rings. The van der Waals surface area contributed by atoms with Gasteiger partial charge in [0.15, 0.2) is 0 Å². The summed E-state index contributed by atoms with van der Waals surface area (Å²) >= 11 is 11.5. The summed E-state index contributed by atoms with van der Waals surface area (Å²) in [4.78, 5) is 6.03. The second-order valence-electron chi connectivity index (χ2n) is 9.71. The molecule has 8 nitrogen and oxygen atoms in total. The first-order chi connectivity index (χ1) is 21.3. The van der Waals surface area contributed by atoms with E-state index in [1.54, 1.807) is 0 Å². The lowest BCUT2D eigenvalue weighted by atomic mass is 10.0. The Kier molecular flexibility index (Phi) is 9.36. The van der Waals surface area contributed by atoms with Gasteiger partial charge in [-0.25, -0.2) is 0 Å². The molecule has 0 aliphatic heterocycles. The average Bonchev–Trinajstić information content (AvgIpc) is 3.47. The molecule has 2 unspecified atom stereocenters. The Bertz CT molecular complexity index is 1680. The first-order valence-electron chi connectivity index (χ1n) is 12.3. The molecular weight excluding hydrogens is 731 g/mol. The molecule has 23 heteroatoms. The third-order valence-corrected chi connectivity index (χ3v) is 8.52. The highest BCUT2D eigenvalue weighted by Crippen LogP contribution is 2.56. The Morgan fingerprint density at radius 2 is 0.936 bits per heavy atom. The van der Waals surface area contributed by atoms with Gasteiger partial charge in [0, 0.05) is 0 Å². The highest BCUT2D eigenvalue weighted by molar-refractivity contribution is 7.99. The number of halogens is 14. The van der Waals surface area contributed by atoms with Crippen molar-refractivity contribution >= 4 is 46.9 Å². The van der Waals surface area contributed by atoms with Gasteiger partial charge in [-0.2, -0.15) is 72.0 Å². The first-order valence-corrected chi connectivity index (χ1v) is 14.0. The fraction of sp³-hybridized carbons (Fsp3) is 0.333. The molecule has 0 saturated heterocycles. The summed E-state index contributed by atoms with van der Waals surface area (Å²) in [6.45, 7) is 2.13. The number of benzene rings is 2. The average molecular weight is 747 g/mol. The molecule has 256 valence electrons. The number of anilines is 2. The maximum Gasteiger partial charge on any atom is 0.453 e. The molecule has 0 aliphatic rings. The highest BCUT2D eigenvalue weighted by Gasteiger charge is 2.51. The molecule has 0 radical (unpaired) electrons. The normalized spacial score (nSPS) is 14.5. The molecule has 0 saturated carbocycles. The number of alkyl halides is 12. The number of aryl methyl sites for hydroxylation is 2. The number of hydrogen-bond donors (Lipinski definition) is 2. The fourth-order valence-electron chi connectivity index (χ4n) is 4.28. The van der Waals surface area contributed by atoms with Gasteiger partial charge in [-0.15, -0.1) is 22.0 Å². The van der Waals surface area contributed by atoms with Crippen molar-refractivity contribution < 1.29 is 52.7 Å². The van der Waals surface area contributed by atoms with Gasteiger partial charge >= 0.3 is 24.7 Å².